The Labute approximate surface area is 209 Å². The summed E-state index contributed by atoms with van der Waals surface area (Å²) in [5.41, 5.74) is 3.74. The molecule has 2 aliphatic heterocycles. The molecule has 1 aliphatic carbocycles. The third-order valence-corrected chi connectivity index (χ3v) is 8.07. The monoisotopic (exact) mass is 488 g/mol. The second kappa shape index (κ2) is 8.89. The number of amides is 1. The van der Waals surface area contributed by atoms with Crippen molar-refractivity contribution in [3.8, 4) is 17.0 Å². The molecule has 1 aromatic heterocycles. The molecule has 2 atom stereocenters. The van der Waals surface area contributed by atoms with Crippen LogP contribution in [0.15, 0.2) is 60.8 Å². The van der Waals surface area contributed by atoms with E-state index in [2.05, 4.69) is 29.2 Å². The van der Waals surface area contributed by atoms with Gasteiger partial charge in [-0.05, 0) is 47.6 Å². The van der Waals surface area contributed by atoms with E-state index in [4.69, 9.17) is 9.47 Å². The Morgan fingerprint density at radius 1 is 1.08 bits per heavy atom. The fourth-order valence-electron chi connectivity index (χ4n) is 6.54. The molecule has 2 saturated heterocycles. The Kier molecular flexibility index (Phi) is 5.67. The molecule has 0 spiro atoms. The van der Waals surface area contributed by atoms with Crippen molar-refractivity contribution in [1.29, 1.82) is 0 Å². The number of aliphatic hydroxyl groups is 1. The van der Waals surface area contributed by atoms with Gasteiger partial charge in [-0.3, -0.25) is 0 Å². The smallest absolute Gasteiger partial charge is 0.410 e. The summed E-state index contributed by atoms with van der Waals surface area (Å²) < 4.78 is 25.3. The van der Waals surface area contributed by atoms with E-state index in [-0.39, 0.29) is 49.4 Å². The van der Waals surface area contributed by atoms with Gasteiger partial charge in [-0.2, -0.15) is 0 Å². The number of hydrogen-bond acceptors (Lipinski definition) is 5. The largest absolute Gasteiger partial charge is 0.481 e. The van der Waals surface area contributed by atoms with Crippen molar-refractivity contribution < 1.29 is 23.8 Å². The number of benzene rings is 2. The molecular formula is C29H29FN2O4. The van der Waals surface area contributed by atoms with Gasteiger partial charge < -0.3 is 19.5 Å². The quantitative estimate of drug-likeness (QED) is 0.534. The van der Waals surface area contributed by atoms with E-state index in [9.17, 15) is 14.3 Å². The predicted molar refractivity (Wildman–Crippen MR) is 132 cm³/mol. The maximum absolute atomic E-state index is 14.0. The van der Waals surface area contributed by atoms with Gasteiger partial charge in [-0.15, -0.1) is 0 Å². The molecule has 3 aliphatic rings. The first-order valence-electron chi connectivity index (χ1n) is 12.5. The number of ether oxygens (including phenoxy) is 2. The number of fused-ring (bicyclic) bond motifs is 5. The Bertz CT molecular complexity index is 1250. The Balaban J connectivity index is 1.22. The van der Waals surface area contributed by atoms with Gasteiger partial charge in [0.1, 0.15) is 12.4 Å². The first-order chi connectivity index (χ1) is 17.5. The van der Waals surface area contributed by atoms with E-state index in [1.54, 1.807) is 0 Å². The molecule has 6 nitrogen and oxygen atoms in total. The normalized spacial score (nSPS) is 24.7. The van der Waals surface area contributed by atoms with E-state index in [1.807, 2.05) is 29.2 Å². The molecular weight excluding hydrogens is 459 g/mol. The van der Waals surface area contributed by atoms with Crippen molar-refractivity contribution in [3.63, 3.8) is 0 Å². The van der Waals surface area contributed by atoms with Crippen LogP contribution in [0.2, 0.25) is 0 Å². The lowest BCUT2D eigenvalue weighted by Crippen LogP contribution is -2.59. The van der Waals surface area contributed by atoms with E-state index in [0.717, 1.165) is 25.5 Å². The molecule has 1 N–H and O–H groups in total. The van der Waals surface area contributed by atoms with E-state index in [0.29, 0.717) is 5.56 Å². The third kappa shape index (κ3) is 3.73. The maximum Gasteiger partial charge on any atom is 0.410 e. The van der Waals surface area contributed by atoms with Crippen molar-refractivity contribution in [2.75, 3.05) is 13.7 Å². The highest BCUT2D eigenvalue weighted by Crippen LogP contribution is 2.48. The van der Waals surface area contributed by atoms with Crippen LogP contribution in [0.4, 0.5) is 9.18 Å². The predicted octanol–water partition coefficient (Wildman–Crippen LogP) is 5.38. The summed E-state index contributed by atoms with van der Waals surface area (Å²) >= 11 is 0. The zero-order valence-corrected chi connectivity index (χ0v) is 20.2. The number of rotatable bonds is 4. The summed E-state index contributed by atoms with van der Waals surface area (Å²) in [5.74, 6) is -0.319. The molecule has 2 aromatic carbocycles. The topological polar surface area (TPSA) is 71.9 Å². The molecule has 0 radical (unpaired) electrons. The van der Waals surface area contributed by atoms with Crippen LogP contribution in [-0.2, 0) is 10.3 Å². The minimum Gasteiger partial charge on any atom is -0.481 e. The highest BCUT2D eigenvalue weighted by molar-refractivity contribution is 5.79. The van der Waals surface area contributed by atoms with Gasteiger partial charge in [0.25, 0.3) is 0 Å². The molecule has 0 saturated carbocycles. The molecule has 3 aromatic rings. The molecule has 3 heterocycles. The van der Waals surface area contributed by atoms with Crippen molar-refractivity contribution in [2.45, 2.75) is 55.7 Å². The number of piperidine rings is 2. The molecule has 1 amide bonds. The highest BCUT2D eigenvalue weighted by Gasteiger charge is 2.50. The summed E-state index contributed by atoms with van der Waals surface area (Å²) in [5, 5.41) is 11.6. The average molecular weight is 489 g/mol. The van der Waals surface area contributed by atoms with Gasteiger partial charge in [0.05, 0.1) is 18.9 Å². The third-order valence-electron chi connectivity index (χ3n) is 8.07. The molecule has 2 fully saturated rings. The van der Waals surface area contributed by atoms with Crippen molar-refractivity contribution >= 4 is 6.09 Å². The maximum atomic E-state index is 14.0. The van der Waals surface area contributed by atoms with Gasteiger partial charge in [-0.25, -0.2) is 14.2 Å². The van der Waals surface area contributed by atoms with Crippen molar-refractivity contribution in [1.82, 2.24) is 9.88 Å². The number of carbonyl (C=O) groups excluding carboxylic acids is 1. The standard InChI is InChI=1S/C29H29FN2O4/c1-35-27-26(13-18(30)16-31-27)29(34)14-19-7-6-8-20(15-29)32(19)28(33)36-17-25-23-11-4-2-9-21(23)22-10-3-5-12-24(22)25/h2-5,9-13,16,19-20,25,34H,6-8,14-15,17H2,1H3. The zero-order valence-electron chi connectivity index (χ0n) is 20.2. The lowest BCUT2D eigenvalue weighted by Gasteiger charge is -2.51. The number of hydrogen-bond donors (Lipinski definition) is 1. The summed E-state index contributed by atoms with van der Waals surface area (Å²) in [6, 6.07) is 17.4. The molecule has 186 valence electrons. The van der Waals surface area contributed by atoms with Gasteiger partial charge in [-0.1, -0.05) is 48.5 Å². The molecule has 7 heteroatoms. The van der Waals surface area contributed by atoms with Crippen LogP contribution in [-0.4, -0.2) is 46.9 Å². The van der Waals surface area contributed by atoms with Crippen LogP contribution in [0.3, 0.4) is 0 Å². The number of halogens is 1. The van der Waals surface area contributed by atoms with Crippen LogP contribution >= 0.6 is 0 Å². The molecule has 36 heavy (non-hydrogen) atoms. The van der Waals surface area contributed by atoms with E-state index >= 15 is 0 Å². The number of methoxy groups -OCH3 is 1. The van der Waals surface area contributed by atoms with Crippen LogP contribution in [0, 0.1) is 5.82 Å². The molecule has 2 unspecified atom stereocenters. The van der Waals surface area contributed by atoms with E-state index in [1.165, 1.54) is 35.4 Å². The van der Waals surface area contributed by atoms with Crippen LogP contribution in [0.25, 0.3) is 11.1 Å². The summed E-state index contributed by atoms with van der Waals surface area (Å²) in [6.07, 6.45) is 3.79. The molecule has 6 rings (SSSR count). The van der Waals surface area contributed by atoms with Crippen LogP contribution in [0.1, 0.15) is 54.7 Å². The van der Waals surface area contributed by atoms with Gasteiger partial charge >= 0.3 is 6.09 Å². The highest BCUT2D eigenvalue weighted by atomic mass is 19.1. The zero-order chi connectivity index (χ0) is 24.9. The first-order valence-corrected chi connectivity index (χ1v) is 12.5. The minimum absolute atomic E-state index is 0.00876. The lowest BCUT2D eigenvalue weighted by atomic mass is 9.73. The molecule has 2 bridgehead atoms. The second-order valence-electron chi connectivity index (χ2n) is 10.1. The summed E-state index contributed by atoms with van der Waals surface area (Å²) in [4.78, 5) is 19.3. The number of pyridine rings is 1. The van der Waals surface area contributed by atoms with Crippen LogP contribution < -0.4 is 4.74 Å². The van der Waals surface area contributed by atoms with Gasteiger partial charge in [0, 0.05) is 36.4 Å². The number of carbonyl (C=O) groups is 1. The SMILES string of the molecule is COc1ncc(F)cc1C1(O)CC2CCCC(C1)N2C(=O)OCC1c2ccccc2-c2ccccc21. The summed E-state index contributed by atoms with van der Waals surface area (Å²) in [7, 11) is 1.46. The average Bonchev–Trinajstić information content (AvgIpc) is 3.20. The lowest BCUT2D eigenvalue weighted by molar-refractivity contribution is -0.0902. The Hall–Kier alpha value is -3.45. The Morgan fingerprint density at radius 3 is 2.31 bits per heavy atom. The fourth-order valence-corrected chi connectivity index (χ4v) is 6.54. The van der Waals surface area contributed by atoms with Crippen LogP contribution in [0.5, 0.6) is 5.88 Å². The van der Waals surface area contributed by atoms with Gasteiger partial charge in [0.2, 0.25) is 5.88 Å². The van der Waals surface area contributed by atoms with Crippen molar-refractivity contribution in [2.24, 2.45) is 0 Å². The fraction of sp³-hybridized carbons (Fsp3) is 0.379. The number of nitrogens with zero attached hydrogens (tertiary/aromatic N) is 2. The minimum atomic E-state index is -1.32. The first kappa shape index (κ1) is 23.0. The van der Waals surface area contributed by atoms with Gasteiger partial charge in [0.15, 0.2) is 0 Å². The van der Waals surface area contributed by atoms with Crippen molar-refractivity contribution in [3.05, 3.63) is 83.3 Å². The van der Waals surface area contributed by atoms with E-state index < -0.39 is 11.4 Å². The Morgan fingerprint density at radius 2 is 1.69 bits per heavy atom. The summed E-state index contributed by atoms with van der Waals surface area (Å²) in [6.45, 7) is 0.259. The second-order valence-corrected chi connectivity index (χ2v) is 10.1. The number of aromatic nitrogens is 1.